The van der Waals surface area contributed by atoms with Gasteiger partial charge in [-0.25, -0.2) is 0 Å². The predicted molar refractivity (Wildman–Crippen MR) is 52.7 cm³/mol. The number of aryl methyl sites for hydroxylation is 2. The molecule has 0 aromatic heterocycles. The van der Waals surface area contributed by atoms with Gasteiger partial charge in [0.15, 0.2) is 0 Å². The molecule has 0 aliphatic carbocycles. The Kier molecular flexibility index (Phi) is 4.01. The highest BCUT2D eigenvalue weighted by Gasteiger charge is 1.92. The molecule has 0 bridgehead atoms. The molecule has 1 aromatic rings. The van der Waals surface area contributed by atoms with Crippen LogP contribution in [0.25, 0.3) is 0 Å². The third-order valence-corrected chi connectivity index (χ3v) is 3.14. The van der Waals surface area contributed by atoms with Crippen molar-refractivity contribution >= 4 is 24.3 Å². The van der Waals surface area contributed by atoms with Crippen molar-refractivity contribution in [3.63, 3.8) is 0 Å². The molecule has 0 atom stereocenters. The minimum atomic E-state index is -0.267. The van der Waals surface area contributed by atoms with Gasteiger partial charge in [-0.3, -0.25) is 10.0 Å². The Hall–Kier alpha value is 0.0425. The van der Waals surface area contributed by atoms with Crippen molar-refractivity contribution in [1.82, 2.24) is 0 Å². The van der Waals surface area contributed by atoms with Gasteiger partial charge < -0.3 is 0 Å². The van der Waals surface area contributed by atoms with E-state index in [4.69, 9.17) is 10.0 Å². The molecule has 0 radical (unpaired) electrons. The molecule has 0 N–H and O–H groups in total. The minimum Gasteiger partial charge on any atom is -0.267 e. The highest BCUT2D eigenvalue weighted by atomic mass is 35.6. The first kappa shape index (κ1) is 9.13. The van der Waals surface area contributed by atoms with Gasteiger partial charge >= 0.3 is 14.3 Å². The highest BCUT2D eigenvalue weighted by Crippen LogP contribution is 2.05. The molecule has 2 heteroatoms. The van der Waals surface area contributed by atoms with Crippen LogP contribution in [0.1, 0.15) is 11.1 Å². The molecule has 11 heavy (non-hydrogen) atoms. The van der Waals surface area contributed by atoms with Gasteiger partial charge in [-0.2, -0.15) is 0 Å². The largest absolute Gasteiger partial charge is 0.377 e. The molecule has 0 aliphatic heterocycles. The SMILES string of the molecule is Cc1ccc(C[CH2][AlH][Cl])cc1. The van der Waals surface area contributed by atoms with Crippen molar-refractivity contribution in [2.45, 2.75) is 18.6 Å². The standard InChI is InChI=1S/C9H11.Al.ClH.H/c1-3-9-6-4-8(2)5-7-9;;;/h4-7H,1,3H2,2H3;;1H;/q;+1;;/p-1. The van der Waals surface area contributed by atoms with Crippen LogP contribution in [0, 0.1) is 6.92 Å². The minimum absolute atomic E-state index is 0.267. The van der Waals surface area contributed by atoms with Crippen molar-refractivity contribution in [1.29, 1.82) is 0 Å². The summed E-state index contributed by atoms with van der Waals surface area (Å²) in [5.74, 6) is 0. The van der Waals surface area contributed by atoms with Crippen molar-refractivity contribution in [3.8, 4) is 0 Å². The van der Waals surface area contributed by atoms with Crippen LogP contribution in [0.3, 0.4) is 0 Å². The van der Waals surface area contributed by atoms with E-state index < -0.39 is 0 Å². The lowest BCUT2D eigenvalue weighted by Gasteiger charge is -1.97. The highest BCUT2D eigenvalue weighted by molar-refractivity contribution is 6.93. The summed E-state index contributed by atoms with van der Waals surface area (Å²) in [7, 11) is 5.72. The summed E-state index contributed by atoms with van der Waals surface area (Å²) in [4.78, 5) is 0. The first-order valence-electron chi connectivity index (χ1n) is 3.94. The lowest BCUT2D eigenvalue weighted by atomic mass is 10.1. The van der Waals surface area contributed by atoms with Crippen LogP contribution >= 0.6 is 10.0 Å². The van der Waals surface area contributed by atoms with Crippen LogP contribution in [0.5, 0.6) is 0 Å². The molecular formula is C9H12AlCl. The van der Waals surface area contributed by atoms with Crippen molar-refractivity contribution in [3.05, 3.63) is 35.4 Å². The molecule has 58 valence electrons. The summed E-state index contributed by atoms with van der Waals surface area (Å²) in [6.07, 6.45) is 1.16. The molecule has 0 saturated heterocycles. The van der Waals surface area contributed by atoms with Gasteiger partial charge in [0.05, 0.1) is 0 Å². The van der Waals surface area contributed by atoms with E-state index in [0.717, 1.165) is 6.42 Å². The monoisotopic (exact) mass is 182 g/mol. The second-order valence-corrected chi connectivity index (χ2v) is 5.00. The summed E-state index contributed by atoms with van der Waals surface area (Å²) < 4.78 is 0. The van der Waals surface area contributed by atoms with Crippen LogP contribution in [0.15, 0.2) is 24.3 Å². The fraction of sp³-hybridized carbons (Fsp3) is 0.333. The average Bonchev–Trinajstić information content (AvgIpc) is 2.04. The Morgan fingerprint density at radius 1 is 1.27 bits per heavy atom. The van der Waals surface area contributed by atoms with Crippen LogP contribution in [0.4, 0.5) is 0 Å². The van der Waals surface area contributed by atoms with Gasteiger partial charge in [0.2, 0.25) is 0 Å². The first-order chi connectivity index (χ1) is 5.33. The van der Waals surface area contributed by atoms with Crippen molar-refractivity contribution in [2.75, 3.05) is 0 Å². The first-order valence-corrected chi connectivity index (χ1v) is 7.08. The summed E-state index contributed by atoms with van der Waals surface area (Å²) in [5.41, 5.74) is 2.75. The molecule has 1 rings (SSSR count). The maximum absolute atomic E-state index is 5.72. The third kappa shape index (κ3) is 3.29. The summed E-state index contributed by atoms with van der Waals surface area (Å²) in [5, 5.41) is 1.21. The second-order valence-electron chi connectivity index (χ2n) is 2.78. The number of hydrogen-bond acceptors (Lipinski definition) is 0. The van der Waals surface area contributed by atoms with Crippen molar-refractivity contribution in [2.24, 2.45) is 0 Å². The number of halogens is 1. The zero-order chi connectivity index (χ0) is 8.10. The fourth-order valence-corrected chi connectivity index (χ4v) is 1.97. The van der Waals surface area contributed by atoms with Crippen molar-refractivity contribution < 1.29 is 0 Å². The lowest BCUT2D eigenvalue weighted by Crippen LogP contribution is -1.86. The van der Waals surface area contributed by atoms with Crippen LogP contribution in [-0.2, 0) is 6.42 Å². The zero-order valence-corrected chi connectivity index (χ0v) is 8.98. The molecule has 0 amide bonds. The van der Waals surface area contributed by atoms with E-state index in [1.165, 1.54) is 16.4 Å². The van der Waals surface area contributed by atoms with Gasteiger partial charge in [0, 0.05) is 0 Å². The summed E-state index contributed by atoms with van der Waals surface area (Å²) in [6, 6.07) is 8.70. The summed E-state index contributed by atoms with van der Waals surface area (Å²) >= 11 is -0.267. The third-order valence-electron chi connectivity index (χ3n) is 1.72. The second kappa shape index (κ2) is 4.83. The maximum atomic E-state index is 5.72. The smallest absolute Gasteiger partial charge is 0.267 e. The number of benzene rings is 1. The van der Waals surface area contributed by atoms with E-state index in [-0.39, 0.29) is 14.3 Å². The van der Waals surface area contributed by atoms with E-state index in [9.17, 15) is 0 Å². The van der Waals surface area contributed by atoms with Gasteiger partial charge in [0.25, 0.3) is 0 Å². The lowest BCUT2D eigenvalue weighted by molar-refractivity contribution is 1.13. The molecule has 0 unspecified atom stereocenters. The van der Waals surface area contributed by atoms with Gasteiger partial charge in [-0.1, -0.05) is 35.1 Å². The van der Waals surface area contributed by atoms with Gasteiger partial charge in [0.1, 0.15) is 0 Å². The van der Waals surface area contributed by atoms with E-state index in [0.29, 0.717) is 0 Å². The quantitative estimate of drug-likeness (QED) is 0.631. The molecule has 0 saturated carbocycles. The molecule has 0 heterocycles. The van der Waals surface area contributed by atoms with E-state index in [1.807, 2.05) is 0 Å². The van der Waals surface area contributed by atoms with Crippen LogP contribution < -0.4 is 0 Å². The predicted octanol–water partition coefficient (Wildman–Crippen LogP) is 2.55. The van der Waals surface area contributed by atoms with Crippen LogP contribution in [0.2, 0.25) is 5.28 Å². The Balaban J connectivity index is 2.52. The van der Waals surface area contributed by atoms with E-state index in [2.05, 4.69) is 31.2 Å². The Morgan fingerprint density at radius 3 is 2.45 bits per heavy atom. The molecular weight excluding hydrogens is 171 g/mol. The molecule has 0 aliphatic rings. The van der Waals surface area contributed by atoms with Crippen LogP contribution in [-0.4, -0.2) is 14.3 Å². The zero-order valence-electron chi connectivity index (χ0n) is 6.81. The Labute approximate surface area is 78.5 Å². The number of rotatable bonds is 3. The maximum Gasteiger partial charge on any atom is 0.377 e. The molecule has 0 fully saturated rings. The topological polar surface area (TPSA) is 0 Å². The normalized spacial score (nSPS) is 9.64. The van der Waals surface area contributed by atoms with E-state index in [1.54, 1.807) is 0 Å². The molecule has 0 spiro atoms. The van der Waals surface area contributed by atoms with E-state index >= 15 is 0 Å². The Bertz CT molecular complexity index is 205. The molecule has 1 aromatic carbocycles. The summed E-state index contributed by atoms with van der Waals surface area (Å²) in [6.45, 7) is 2.11. The average molecular weight is 183 g/mol. The van der Waals surface area contributed by atoms with Gasteiger partial charge in [-0.05, 0) is 18.9 Å². The number of hydrogen-bond donors (Lipinski definition) is 0. The fourth-order valence-electron chi connectivity index (χ4n) is 1.03. The van der Waals surface area contributed by atoms with Gasteiger partial charge in [-0.15, -0.1) is 0 Å². The Morgan fingerprint density at radius 2 is 1.91 bits per heavy atom. The molecule has 0 nitrogen and oxygen atoms in total.